The molecule has 0 radical (unpaired) electrons. The van der Waals surface area contributed by atoms with Gasteiger partial charge in [0.25, 0.3) is 0 Å². The van der Waals surface area contributed by atoms with Gasteiger partial charge >= 0.3 is 24.3 Å². The van der Waals surface area contributed by atoms with Crippen LogP contribution in [0.3, 0.4) is 0 Å². The highest BCUT2D eigenvalue weighted by Gasteiger charge is 2.72. The van der Waals surface area contributed by atoms with Crippen molar-refractivity contribution in [3.8, 4) is 0 Å². The Kier molecular flexibility index (Phi) is 6.69. The number of benzene rings is 2. The summed E-state index contributed by atoms with van der Waals surface area (Å²) in [6.07, 6.45) is -12.3. The predicted molar refractivity (Wildman–Crippen MR) is 95.4 cm³/mol. The number of carbonyl (C=O) groups excluding carboxylic acids is 2. The van der Waals surface area contributed by atoms with Crippen molar-refractivity contribution >= 4 is 18.2 Å². The van der Waals surface area contributed by atoms with E-state index in [4.69, 9.17) is 5.11 Å². The molecule has 0 atom stereocenters. The van der Waals surface area contributed by atoms with E-state index in [1.165, 1.54) is 0 Å². The number of alkyl halides is 6. The number of ether oxygens (including phenoxy) is 1. The Morgan fingerprint density at radius 2 is 1.47 bits per heavy atom. The number of hydrogen-bond acceptors (Lipinski definition) is 5. The summed E-state index contributed by atoms with van der Waals surface area (Å²) in [6.45, 7) is -0.877. The molecule has 0 unspecified atom stereocenters. The highest BCUT2D eigenvalue weighted by molar-refractivity contribution is 5.97. The zero-order chi connectivity index (χ0) is 24.5. The van der Waals surface area contributed by atoms with Gasteiger partial charge in [0, 0.05) is 5.56 Å². The van der Waals surface area contributed by atoms with Crippen molar-refractivity contribution in [1.82, 2.24) is 0 Å². The fourth-order valence-electron chi connectivity index (χ4n) is 3.32. The van der Waals surface area contributed by atoms with Gasteiger partial charge in [0.05, 0.1) is 24.8 Å². The molecule has 2 aromatic carbocycles. The summed E-state index contributed by atoms with van der Waals surface area (Å²) in [5.41, 5.74) is -10.4. The number of methoxy groups -OCH3 is 1. The van der Waals surface area contributed by atoms with Gasteiger partial charge in [0.1, 0.15) is 0 Å². The number of hydrogen-bond donors (Lipinski definition) is 2. The molecule has 2 rings (SSSR count). The monoisotopic (exact) mass is 464 g/mol. The smallest absolute Gasteiger partial charge is 0.411 e. The number of carboxylic acid groups (broad SMARTS) is 1. The molecule has 2 N–H and O–H groups in total. The van der Waals surface area contributed by atoms with Crippen LogP contribution in [0.2, 0.25) is 0 Å². The number of aliphatic hydroxyl groups is 1. The summed E-state index contributed by atoms with van der Waals surface area (Å²) in [5, 5.41) is 18.3. The van der Waals surface area contributed by atoms with E-state index in [-0.39, 0.29) is 17.9 Å². The number of aliphatic hydroxyl groups excluding tert-OH is 1. The third kappa shape index (κ3) is 3.93. The van der Waals surface area contributed by atoms with Gasteiger partial charge in [-0.1, -0.05) is 18.2 Å². The zero-order valence-electron chi connectivity index (χ0n) is 16.0. The maximum atomic E-state index is 14.2. The van der Waals surface area contributed by atoms with Crippen LogP contribution in [0, 0.1) is 0 Å². The topological polar surface area (TPSA) is 101 Å². The standard InChI is InChI=1S/C20H14F6O6/c1-32-17(31)15-7-13(3-2-10(15)8-27)18(19(21,22)23,20(24,25)26)12-4-5-14(16(29)30)11(6-12)9-28/h2-7,9,27H,8H2,1H3,(H,29,30). The van der Waals surface area contributed by atoms with Crippen molar-refractivity contribution in [1.29, 1.82) is 0 Å². The lowest BCUT2D eigenvalue weighted by Crippen LogP contribution is -2.55. The summed E-state index contributed by atoms with van der Waals surface area (Å²) < 4.78 is 89.8. The number of carboxylic acids is 1. The predicted octanol–water partition coefficient (Wildman–Crippen LogP) is 3.89. The van der Waals surface area contributed by atoms with Crippen LogP contribution < -0.4 is 0 Å². The molecule has 0 saturated carbocycles. The maximum Gasteiger partial charge on any atom is 0.411 e. The second-order valence-electron chi connectivity index (χ2n) is 6.49. The van der Waals surface area contributed by atoms with Crippen molar-refractivity contribution < 1.29 is 55.7 Å². The minimum atomic E-state index is -6.05. The van der Waals surface area contributed by atoms with Crippen molar-refractivity contribution in [3.63, 3.8) is 0 Å². The third-order valence-electron chi connectivity index (χ3n) is 4.81. The summed E-state index contributed by atoms with van der Waals surface area (Å²) in [6, 6.07) is 2.39. The molecule has 0 aliphatic heterocycles. The Morgan fingerprint density at radius 1 is 0.938 bits per heavy atom. The molecule has 0 aromatic heterocycles. The van der Waals surface area contributed by atoms with Crippen LogP contribution in [0.15, 0.2) is 36.4 Å². The van der Waals surface area contributed by atoms with Crippen LogP contribution in [0.5, 0.6) is 0 Å². The van der Waals surface area contributed by atoms with Crippen LogP contribution in [0.4, 0.5) is 26.3 Å². The van der Waals surface area contributed by atoms with Gasteiger partial charge in [0.15, 0.2) is 6.29 Å². The normalized spacial score (nSPS) is 12.4. The average molecular weight is 464 g/mol. The third-order valence-corrected chi connectivity index (χ3v) is 4.81. The number of rotatable bonds is 6. The maximum absolute atomic E-state index is 14.2. The number of aldehydes is 1. The van der Waals surface area contributed by atoms with Crippen LogP contribution >= 0.6 is 0 Å². The van der Waals surface area contributed by atoms with Crippen molar-refractivity contribution in [2.75, 3.05) is 7.11 Å². The average Bonchev–Trinajstić information content (AvgIpc) is 2.71. The molecule has 0 fully saturated rings. The largest absolute Gasteiger partial charge is 0.478 e. The molecule has 0 aliphatic carbocycles. The lowest BCUT2D eigenvalue weighted by molar-refractivity contribution is -0.288. The molecule has 2 aromatic rings. The van der Waals surface area contributed by atoms with E-state index >= 15 is 0 Å². The minimum Gasteiger partial charge on any atom is -0.478 e. The molecule has 0 bridgehead atoms. The first-order chi connectivity index (χ1) is 14.8. The van der Waals surface area contributed by atoms with Crippen LogP contribution in [-0.2, 0) is 16.8 Å². The second kappa shape index (κ2) is 8.61. The first-order valence-corrected chi connectivity index (χ1v) is 8.55. The van der Waals surface area contributed by atoms with Crippen LogP contribution in [-0.4, -0.2) is 47.9 Å². The molecule has 32 heavy (non-hydrogen) atoms. The second-order valence-corrected chi connectivity index (χ2v) is 6.49. The Hall–Kier alpha value is -3.41. The minimum absolute atomic E-state index is 0.181. The zero-order valence-corrected chi connectivity index (χ0v) is 16.0. The van der Waals surface area contributed by atoms with E-state index in [1.54, 1.807) is 0 Å². The van der Waals surface area contributed by atoms with Gasteiger partial charge < -0.3 is 14.9 Å². The Balaban J connectivity index is 3.04. The van der Waals surface area contributed by atoms with E-state index in [2.05, 4.69) is 4.74 Å². The molecule has 12 heteroatoms. The molecule has 0 amide bonds. The van der Waals surface area contributed by atoms with Gasteiger partial charge in [-0.2, -0.15) is 26.3 Å². The Labute approximate surface area is 176 Å². The number of esters is 1. The SMILES string of the molecule is COC(=O)c1cc(C(c2ccc(C(=O)O)c(C=O)c2)(C(F)(F)F)C(F)(F)F)ccc1CO. The van der Waals surface area contributed by atoms with Crippen molar-refractivity contribution in [3.05, 3.63) is 69.8 Å². The van der Waals surface area contributed by atoms with Crippen LogP contribution in [0.1, 0.15) is 47.8 Å². The molecule has 0 spiro atoms. The van der Waals surface area contributed by atoms with Gasteiger partial charge in [-0.05, 0) is 34.9 Å². The fourth-order valence-corrected chi connectivity index (χ4v) is 3.32. The molecule has 0 heterocycles. The summed E-state index contributed by atoms with van der Waals surface area (Å²) in [4.78, 5) is 34.3. The highest BCUT2D eigenvalue weighted by Crippen LogP contribution is 2.56. The summed E-state index contributed by atoms with van der Waals surface area (Å²) in [7, 11) is 0.845. The van der Waals surface area contributed by atoms with Crippen LogP contribution in [0.25, 0.3) is 0 Å². The molecule has 0 saturated heterocycles. The Bertz CT molecular complexity index is 1040. The highest BCUT2D eigenvalue weighted by atomic mass is 19.4. The van der Waals surface area contributed by atoms with Crippen molar-refractivity contribution in [2.24, 2.45) is 0 Å². The number of carbonyl (C=O) groups is 3. The summed E-state index contributed by atoms with van der Waals surface area (Å²) >= 11 is 0. The molecule has 172 valence electrons. The fraction of sp³-hybridized carbons (Fsp3) is 0.250. The number of halogens is 6. The van der Waals surface area contributed by atoms with Gasteiger partial charge in [-0.3, -0.25) is 4.79 Å². The van der Waals surface area contributed by atoms with E-state index in [1.807, 2.05) is 0 Å². The number of aromatic carboxylic acids is 1. The lowest BCUT2D eigenvalue weighted by atomic mass is 9.71. The first kappa shape index (κ1) is 24.9. The first-order valence-electron chi connectivity index (χ1n) is 8.55. The van der Waals surface area contributed by atoms with Crippen molar-refractivity contribution in [2.45, 2.75) is 24.4 Å². The lowest BCUT2D eigenvalue weighted by Gasteiger charge is -2.38. The molecular formula is C20H14F6O6. The van der Waals surface area contributed by atoms with Gasteiger partial charge in [-0.25, -0.2) is 9.59 Å². The molecular weight excluding hydrogens is 450 g/mol. The summed E-state index contributed by atoms with van der Waals surface area (Å²) in [5.74, 6) is -3.02. The molecule has 0 aliphatic rings. The van der Waals surface area contributed by atoms with Gasteiger partial charge in [0.2, 0.25) is 5.41 Å². The Morgan fingerprint density at radius 3 is 1.91 bits per heavy atom. The van der Waals surface area contributed by atoms with Gasteiger partial charge in [-0.15, -0.1) is 0 Å². The van der Waals surface area contributed by atoms with E-state index < -0.39 is 64.1 Å². The van der Waals surface area contributed by atoms with E-state index in [0.717, 1.165) is 7.11 Å². The molecule has 6 nitrogen and oxygen atoms in total. The van der Waals surface area contributed by atoms with E-state index in [0.29, 0.717) is 30.3 Å². The quantitative estimate of drug-likeness (QED) is 0.382. The van der Waals surface area contributed by atoms with E-state index in [9.17, 15) is 45.8 Å².